The maximum Gasteiger partial charge on any atom is 0.227 e. The van der Waals surface area contributed by atoms with Crippen molar-refractivity contribution in [3.63, 3.8) is 0 Å². The lowest BCUT2D eigenvalue weighted by Gasteiger charge is -2.20. The Labute approximate surface area is 218 Å². The molecule has 0 saturated carbocycles. The third-order valence-corrected chi connectivity index (χ3v) is 6.44. The van der Waals surface area contributed by atoms with Crippen molar-refractivity contribution in [1.29, 1.82) is 0 Å². The van der Waals surface area contributed by atoms with Crippen LogP contribution >= 0.6 is 0 Å². The minimum atomic E-state index is 0.386. The molecular formula is C29H34N4O4. The highest BCUT2D eigenvalue weighted by Crippen LogP contribution is 2.36. The summed E-state index contributed by atoms with van der Waals surface area (Å²) in [6.45, 7) is 5.24. The maximum atomic E-state index is 6.27. The highest BCUT2D eigenvalue weighted by molar-refractivity contribution is 5.66. The van der Waals surface area contributed by atoms with E-state index in [1.807, 2.05) is 48.5 Å². The van der Waals surface area contributed by atoms with Crippen molar-refractivity contribution in [1.82, 2.24) is 14.9 Å². The fourth-order valence-electron chi connectivity index (χ4n) is 4.56. The molecule has 2 aromatic carbocycles. The molecule has 3 heterocycles. The second kappa shape index (κ2) is 12.6. The zero-order valence-corrected chi connectivity index (χ0v) is 21.3. The standard InChI is InChI=1S/C29H34N4O4/c1-34-27-20-24-18-23(28(27)37-17-14-33-12-3-4-13-33)21-35-15-5-2-6-16-36-25-9-7-8-22(19-25)26-10-11-30-29(31-24)32-26/h2,5,7-11,18-20H,3-4,6,12-17,21H2,1H3,(H,30,31,32)/b5-2+. The SMILES string of the molecule is COc1cc2cc(c1OCCN1CCCC1)COC/C=C/CCOc1cccc(c1)-c1ccnc(n1)N2. The lowest BCUT2D eigenvalue weighted by Crippen LogP contribution is -2.25. The second-order valence-electron chi connectivity index (χ2n) is 9.11. The first kappa shape index (κ1) is 25.0. The van der Waals surface area contributed by atoms with Gasteiger partial charge in [0.05, 0.1) is 32.6 Å². The number of hydrogen-bond acceptors (Lipinski definition) is 8. The van der Waals surface area contributed by atoms with E-state index in [0.717, 1.165) is 54.3 Å². The van der Waals surface area contributed by atoms with Crippen LogP contribution in [0.3, 0.4) is 0 Å². The Morgan fingerprint density at radius 1 is 1.08 bits per heavy atom. The van der Waals surface area contributed by atoms with Gasteiger partial charge in [-0.25, -0.2) is 9.97 Å². The Bertz CT molecular complexity index is 1210. The summed E-state index contributed by atoms with van der Waals surface area (Å²) in [6.07, 6.45) is 9.17. The minimum absolute atomic E-state index is 0.386. The summed E-state index contributed by atoms with van der Waals surface area (Å²) in [6, 6.07) is 13.8. The van der Waals surface area contributed by atoms with E-state index < -0.39 is 0 Å². The quantitative estimate of drug-likeness (QED) is 0.476. The molecule has 0 aliphatic carbocycles. The van der Waals surface area contributed by atoms with Crippen LogP contribution in [0.4, 0.5) is 11.6 Å². The van der Waals surface area contributed by atoms with Gasteiger partial charge in [-0.15, -0.1) is 0 Å². The number of hydrogen-bond donors (Lipinski definition) is 1. The number of likely N-dealkylation sites (tertiary alicyclic amines) is 1. The topological polar surface area (TPSA) is 78.0 Å². The van der Waals surface area contributed by atoms with Crippen LogP contribution in [0.15, 0.2) is 60.8 Å². The van der Waals surface area contributed by atoms with Crippen molar-refractivity contribution in [3.05, 3.63) is 66.4 Å². The molecule has 3 aromatic rings. The normalized spacial score (nSPS) is 17.1. The molecule has 194 valence electrons. The first-order chi connectivity index (χ1) is 18.3. The van der Waals surface area contributed by atoms with Crippen LogP contribution in [0.25, 0.3) is 11.3 Å². The number of fused-ring (bicyclic) bond motifs is 7. The van der Waals surface area contributed by atoms with Crippen molar-refractivity contribution in [3.8, 4) is 28.5 Å². The molecule has 8 heteroatoms. The molecular weight excluding hydrogens is 468 g/mol. The van der Waals surface area contributed by atoms with E-state index in [-0.39, 0.29) is 0 Å². The summed E-state index contributed by atoms with van der Waals surface area (Å²) in [7, 11) is 1.66. The summed E-state index contributed by atoms with van der Waals surface area (Å²) >= 11 is 0. The number of ether oxygens (including phenoxy) is 4. The Balaban J connectivity index is 1.43. The molecule has 1 saturated heterocycles. The molecule has 6 bridgehead atoms. The average molecular weight is 503 g/mol. The van der Waals surface area contributed by atoms with Crippen LogP contribution in [-0.2, 0) is 11.3 Å². The van der Waals surface area contributed by atoms with Crippen molar-refractivity contribution in [2.75, 3.05) is 51.9 Å². The fourth-order valence-corrected chi connectivity index (χ4v) is 4.56. The number of anilines is 2. The second-order valence-corrected chi connectivity index (χ2v) is 9.11. The van der Waals surface area contributed by atoms with Gasteiger partial charge in [0.15, 0.2) is 11.5 Å². The van der Waals surface area contributed by atoms with E-state index in [4.69, 9.17) is 23.9 Å². The predicted molar refractivity (Wildman–Crippen MR) is 144 cm³/mol. The third kappa shape index (κ3) is 6.78. The van der Waals surface area contributed by atoms with Gasteiger partial charge >= 0.3 is 0 Å². The zero-order chi connectivity index (χ0) is 25.3. The van der Waals surface area contributed by atoms with Gasteiger partial charge in [0.25, 0.3) is 0 Å². The number of aromatic nitrogens is 2. The van der Waals surface area contributed by atoms with Gasteiger partial charge in [-0.05, 0) is 56.6 Å². The zero-order valence-electron chi connectivity index (χ0n) is 21.3. The number of nitrogens with zero attached hydrogens (tertiary/aromatic N) is 3. The van der Waals surface area contributed by atoms with Gasteiger partial charge in [-0.1, -0.05) is 24.3 Å². The molecule has 1 N–H and O–H groups in total. The largest absolute Gasteiger partial charge is 0.493 e. The van der Waals surface area contributed by atoms with Gasteiger partial charge in [-0.3, -0.25) is 4.90 Å². The van der Waals surface area contributed by atoms with Crippen LogP contribution in [0.1, 0.15) is 24.8 Å². The van der Waals surface area contributed by atoms with Crippen LogP contribution in [0, 0.1) is 0 Å². The molecule has 5 rings (SSSR count). The van der Waals surface area contributed by atoms with E-state index in [2.05, 4.69) is 21.3 Å². The lowest BCUT2D eigenvalue weighted by molar-refractivity contribution is 0.143. The lowest BCUT2D eigenvalue weighted by atomic mass is 10.1. The van der Waals surface area contributed by atoms with Gasteiger partial charge in [0, 0.05) is 35.6 Å². The fraction of sp³-hybridized carbons (Fsp3) is 0.379. The molecule has 0 unspecified atom stereocenters. The molecule has 1 aromatic heterocycles. The van der Waals surface area contributed by atoms with Crippen molar-refractivity contribution in [2.24, 2.45) is 0 Å². The van der Waals surface area contributed by atoms with E-state index >= 15 is 0 Å². The van der Waals surface area contributed by atoms with Crippen molar-refractivity contribution in [2.45, 2.75) is 25.9 Å². The first-order valence-corrected chi connectivity index (χ1v) is 12.9. The highest BCUT2D eigenvalue weighted by Gasteiger charge is 2.17. The van der Waals surface area contributed by atoms with Gasteiger partial charge < -0.3 is 24.3 Å². The van der Waals surface area contributed by atoms with Gasteiger partial charge in [0.1, 0.15) is 12.4 Å². The molecule has 0 atom stereocenters. The predicted octanol–water partition coefficient (Wildman–Crippen LogP) is 5.23. The van der Waals surface area contributed by atoms with Crippen LogP contribution in [-0.4, -0.2) is 61.4 Å². The number of nitrogens with one attached hydrogen (secondary N) is 1. The molecule has 37 heavy (non-hydrogen) atoms. The summed E-state index contributed by atoms with van der Waals surface area (Å²) in [5, 5.41) is 3.33. The van der Waals surface area contributed by atoms with Gasteiger partial charge in [-0.2, -0.15) is 0 Å². The first-order valence-electron chi connectivity index (χ1n) is 12.9. The van der Waals surface area contributed by atoms with Crippen molar-refractivity contribution < 1.29 is 18.9 Å². The molecule has 1 fully saturated rings. The monoisotopic (exact) mass is 502 g/mol. The molecule has 8 nitrogen and oxygen atoms in total. The Hall–Kier alpha value is -3.62. The molecule has 2 aliphatic heterocycles. The average Bonchev–Trinajstić information content (AvgIpc) is 3.44. The highest BCUT2D eigenvalue weighted by atomic mass is 16.5. The van der Waals surface area contributed by atoms with E-state index in [9.17, 15) is 0 Å². The van der Waals surface area contributed by atoms with Gasteiger partial charge in [0.2, 0.25) is 5.95 Å². The summed E-state index contributed by atoms with van der Waals surface area (Å²) in [5.41, 5.74) is 3.48. The molecule has 0 spiro atoms. The van der Waals surface area contributed by atoms with Crippen LogP contribution in [0.2, 0.25) is 0 Å². The molecule has 0 amide bonds. The number of methoxy groups -OCH3 is 1. The maximum absolute atomic E-state index is 6.27. The Kier molecular flexibility index (Phi) is 8.50. The smallest absolute Gasteiger partial charge is 0.227 e. The summed E-state index contributed by atoms with van der Waals surface area (Å²) < 4.78 is 23.9. The van der Waals surface area contributed by atoms with E-state index in [1.54, 1.807) is 13.3 Å². The molecule has 2 aliphatic rings. The number of benzene rings is 2. The Morgan fingerprint density at radius 3 is 2.89 bits per heavy atom. The Morgan fingerprint density at radius 2 is 2.00 bits per heavy atom. The summed E-state index contributed by atoms with van der Waals surface area (Å²) in [4.78, 5) is 11.6. The van der Waals surface area contributed by atoms with Crippen molar-refractivity contribution >= 4 is 11.6 Å². The third-order valence-electron chi connectivity index (χ3n) is 6.44. The summed E-state index contributed by atoms with van der Waals surface area (Å²) in [5.74, 6) is 2.66. The van der Waals surface area contributed by atoms with E-state index in [1.165, 1.54) is 12.8 Å². The number of rotatable bonds is 5. The van der Waals surface area contributed by atoms with Crippen LogP contribution < -0.4 is 19.5 Å². The molecule has 0 radical (unpaired) electrons. The minimum Gasteiger partial charge on any atom is -0.493 e. The van der Waals surface area contributed by atoms with E-state index in [0.29, 0.717) is 43.9 Å². The van der Waals surface area contributed by atoms with Crippen LogP contribution in [0.5, 0.6) is 17.2 Å².